The van der Waals surface area contributed by atoms with Gasteiger partial charge in [-0.15, -0.1) is 12.3 Å². The fourth-order valence-corrected chi connectivity index (χ4v) is 2.01. The second kappa shape index (κ2) is 6.47. The summed E-state index contributed by atoms with van der Waals surface area (Å²) in [6.45, 7) is 0. The van der Waals surface area contributed by atoms with Crippen molar-refractivity contribution in [3.63, 3.8) is 0 Å². The van der Waals surface area contributed by atoms with Gasteiger partial charge in [0, 0.05) is 24.9 Å². The van der Waals surface area contributed by atoms with Gasteiger partial charge in [0.1, 0.15) is 0 Å². The molecule has 0 unspecified atom stereocenters. The maximum atomic E-state index is 11.4. The SMILES string of the molecule is C#CCCC(=O)NC1CCC(NC)CC1. The first-order valence-corrected chi connectivity index (χ1v) is 5.66. The molecule has 0 bridgehead atoms. The Morgan fingerprint density at radius 3 is 2.47 bits per heavy atom. The molecule has 0 radical (unpaired) electrons. The lowest BCUT2D eigenvalue weighted by Gasteiger charge is -2.28. The average molecular weight is 208 g/mol. The highest BCUT2D eigenvalue weighted by Crippen LogP contribution is 2.18. The molecule has 0 aromatic carbocycles. The van der Waals surface area contributed by atoms with E-state index in [1.165, 1.54) is 0 Å². The maximum Gasteiger partial charge on any atom is 0.221 e. The highest BCUT2D eigenvalue weighted by atomic mass is 16.1. The zero-order valence-electron chi connectivity index (χ0n) is 9.38. The number of rotatable bonds is 4. The molecule has 0 atom stereocenters. The van der Waals surface area contributed by atoms with Crippen molar-refractivity contribution < 1.29 is 4.79 Å². The van der Waals surface area contributed by atoms with Gasteiger partial charge in [-0.3, -0.25) is 4.79 Å². The van der Waals surface area contributed by atoms with Crippen LogP contribution in [0.2, 0.25) is 0 Å². The Labute approximate surface area is 92.0 Å². The molecule has 0 saturated heterocycles. The fraction of sp³-hybridized carbons (Fsp3) is 0.750. The Bertz CT molecular complexity index is 236. The molecule has 0 aromatic rings. The van der Waals surface area contributed by atoms with Gasteiger partial charge in [0.05, 0.1) is 0 Å². The average Bonchev–Trinajstić information content (AvgIpc) is 2.27. The van der Waals surface area contributed by atoms with Crippen LogP contribution in [0.5, 0.6) is 0 Å². The molecule has 84 valence electrons. The highest BCUT2D eigenvalue weighted by Gasteiger charge is 2.20. The molecule has 1 rings (SSSR count). The largest absolute Gasteiger partial charge is 0.353 e. The lowest BCUT2D eigenvalue weighted by molar-refractivity contribution is -0.121. The van der Waals surface area contributed by atoms with Gasteiger partial charge >= 0.3 is 0 Å². The van der Waals surface area contributed by atoms with E-state index >= 15 is 0 Å². The normalized spacial score (nSPS) is 25.6. The Morgan fingerprint density at radius 1 is 1.33 bits per heavy atom. The summed E-state index contributed by atoms with van der Waals surface area (Å²) < 4.78 is 0. The van der Waals surface area contributed by atoms with E-state index in [1.54, 1.807) is 0 Å². The number of hydrogen-bond donors (Lipinski definition) is 2. The first-order valence-electron chi connectivity index (χ1n) is 5.66. The number of carbonyl (C=O) groups is 1. The van der Waals surface area contributed by atoms with E-state index in [0.29, 0.717) is 24.9 Å². The van der Waals surface area contributed by atoms with Crippen molar-refractivity contribution in [3.05, 3.63) is 0 Å². The van der Waals surface area contributed by atoms with E-state index in [0.717, 1.165) is 25.7 Å². The summed E-state index contributed by atoms with van der Waals surface area (Å²) in [5.74, 6) is 2.58. The number of terminal acetylenes is 1. The molecule has 15 heavy (non-hydrogen) atoms. The third-order valence-electron chi connectivity index (χ3n) is 3.00. The second-order valence-corrected chi connectivity index (χ2v) is 4.11. The zero-order valence-corrected chi connectivity index (χ0v) is 9.38. The van der Waals surface area contributed by atoms with Crippen LogP contribution >= 0.6 is 0 Å². The Morgan fingerprint density at radius 2 is 1.93 bits per heavy atom. The standard InChI is InChI=1S/C12H20N2O/c1-3-4-5-12(15)14-11-8-6-10(13-2)7-9-11/h1,10-11,13H,4-9H2,2H3,(H,14,15). The minimum absolute atomic E-state index is 0.0980. The van der Waals surface area contributed by atoms with Gasteiger partial charge in [-0.1, -0.05) is 0 Å². The molecular weight excluding hydrogens is 188 g/mol. The summed E-state index contributed by atoms with van der Waals surface area (Å²) in [6, 6.07) is 0.990. The molecule has 1 aliphatic rings. The third kappa shape index (κ3) is 4.35. The summed E-state index contributed by atoms with van der Waals surface area (Å²) >= 11 is 0. The fourth-order valence-electron chi connectivity index (χ4n) is 2.01. The van der Waals surface area contributed by atoms with E-state index in [2.05, 4.69) is 16.6 Å². The predicted molar refractivity (Wildman–Crippen MR) is 61.3 cm³/mol. The molecule has 0 spiro atoms. The summed E-state index contributed by atoms with van der Waals surface area (Å²) in [7, 11) is 2.00. The van der Waals surface area contributed by atoms with Gasteiger partial charge in [-0.05, 0) is 32.7 Å². The molecule has 3 heteroatoms. The minimum Gasteiger partial charge on any atom is -0.353 e. The van der Waals surface area contributed by atoms with Gasteiger partial charge in [0.25, 0.3) is 0 Å². The highest BCUT2D eigenvalue weighted by molar-refractivity contribution is 5.76. The van der Waals surface area contributed by atoms with Crippen molar-refractivity contribution in [3.8, 4) is 12.3 Å². The van der Waals surface area contributed by atoms with E-state index in [9.17, 15) is 4.79 Å². The number of hydrogen-bond acceptors (Lipinski definition) is 2. The van der Waals surface area contributed by atoms with Crippen LogP contribution in [0.1, 0.15) is 38.5 Å². The third-order valence-corrected chi connectivity index (χ3v) is 3.00. The van der Waals surface area contributed by atoms with E-state index < -0.39 is 0 Å². The molecular formula is C12H20N2O. The summed E-state index contributed by atoms with van der Waals surface area (Å²) in [5.41, 5.74) is 0. The molecule has 0 aromatic heterocycles. The Hall–Kier alpha value is -1.01. The molecule has 1 aliphatic carbocycles. The summed E-state index contributed by atoms with van der Waals surface area (Å²) in [4.78, 5) is 11.4. The van der Waals surface area contributed by atoms with Crippen LogP contribution in [-0.2, 0) is 4.79 Å². The molecule has 3 nitrogen and oxygen atoms in total. The van der Waals surface area contributed by atoms with Gasteiger partial charge in [0.15, 0.2) is 0 Å². The van der Waals surface area contributed by atoms with E-state index in [4.69, 9.17) is 6.42 Å². The monoisotopic (exact) mass is 208 g/mol. The van der Waals surface area contributed by atoms with Crippen molar-refractivity contribution >= 4 is 5.91 Å². The van der Waals surface area contributed by atoms with Crippen molar-refractivity contribution in [2.75, 3.05) is 7.05 Å². The number of nitrogens with one attached hydrogen (secondary N) is 2. The van der Waals surface area contributed by atoms with Crippen LogP contribution in [0.3, 0.4) is 0 Å². The van der Waals surface area contributed by atoms with Crippen LogP contribution in [-0.4, -0.2) is 25.0 Å². The van der Waals surface area contributed by atoms with Crippen molar-refractivity contribution in [2.45, 2.75) is 50.6 Å². The molecule has 1 fully saturated rings. The van der Waals surface area contributed by atoms with Crippen molar-refractivity contribution in [1.82, 2.24) is 10.6 Å². The van der Waals surface area contributed by atoms with Crippen molar-refractivity contribution in [2.24, 2.45) is 0 Å². The number of amides is 1. The van der Waals surface area contributed by atoms with Crippen LogP contribution in [0.15, 0.2) is 0 Å². The van der Waals surface area contributed by atoms with Crippen LogP contribution in [0, 0.1) is 12.3 Å². The molecule has 1 saturated carbocycles. The van der Waals surface area contributed by atoms with Crippen LogP contribution in [0.25, 0.3) is 0 Å². The van der Waals surface area contributed by atoms with Gasteiger partial charge in [0.2, 0.25) is 5.91 Å². The van der Waals surface area contributed by atoms with Gasteiger partial charge in [-0.25, -0.2) is 0 Å². The van der Waals surface area contributed by atoms with Gasteiger partial charge in [-0.2, -0.15) is 0 Å². The summed E-state index contributed by atoms with van der Waals surface area (Å²) in [5, 5.41) is 6.31. The van der Waals surface area contributed by atoms with Gasteiger partial charge < -0.3 is 10.6 Å². The second-order valence-electron chi connectivity index (χ2n) is 4.11. The Balaban J connectivity index is 2.18. The number of carbonyl (C=O) groups excluding carboxylic acids is 1. The quantitative estimate of drug-likeness (QED) is 0.678. The Kier molecular flexibility index (Phi) is 5.20. The van der Waals surface area contributed by atoms with Crippen LogP contribution in [0.4, 0.5) is 0 Å². The maximum absolute atomic E-state index is 11.4. The molecule has 0 heterocycles. The molecule has 2 N–H and O–H groups in total. The molecule has 0 aliphatic heterocycles. The topological polar surface area (TPSA) is 41.1 Å². The van der Waals surface area contributed by atoms with E-state index in [-0.39, 0.29) is 5.91 Å². The minimum atomic E-state index is 0.0980. The first kappa shape index (κ1) is 12.1. The van der Waals surface area contributed by atoms with Crippen molar-refractivity contribution in [1.29, 1.82) is 0 Å². The summed E-state index contributed by atoms with van der Waals surface area (Å²) in [6.07, 6.45) is 10.6. The first-order chi connectivity index (χ1) is 7.26. The lowest BCUT2D eigenvalue weighted by Crippen LogP contribution is -2.41. The van der Waals surface area contributed by atoms with Crippen LogP contribution < -0.4 is 10.6 Å². The predicted octanol–water partition coefficient (Wildman–Crippen LogP) is 1.05. The lowest BCUT2D eigenvalue weighted by atomic mass is 9.91. The van der Waals surface area contributed by atoms with E-state index in [1.807, 2.05) is 7.05 Å². The smallest absolute Gasteiger partial charge is 0.221 e. The zero-order chi connectivity index (χ0) is 11.1. The molecule has 1 amide bonds.